The average molecular weight is 506 g/mol. The summed E-state index contributed by atoms with van der Waals surface area (Å²) >= 11 is 0. The average Bonchev–Trinajstić information content (AvgIpc) is 2.59. The van der Waals surface area contributed by atoms with Crippen LogP contribution >= 0.6 is 24.0 Å². The Morgan fingerprint density at radius 2 is 1.71 bits per heavy atom. The maximum absolute atomic E-state index is 11.9. The maximum Gasteiger partial charge on any atom is 0.239 e. The third kappa shape index (κ3) is 10.6. The number of hydrogen-bond acceptors (Lipinski definition) is 4. The van der Waals surface area contributed by atoms with E-state index >= 15 is 0 Å². The molecule has 1 rings (SSSR count). The molecule has 0 unspecified atom stereocenters. The first-order valence-electron chi connectivity index (χ1n) is 9.43. The number of hydrogen-bond donors (Lipinski definition) is 3. The van der Waals surface area contributed by atoms with Gasteiger partial charge in [0.15, 0.2) is 17.5 Å². The first-order chi connectivity index (χ1) is 12.8. The van der Waals surface area contributed by atoms with E-state index in [-0.39, 0.29) is 42.0 Å². The summed E-state index contributed by atoms with van der Waals surface area (Å²) in [5, 5.41) is 9.14. The van der Waals surface area contributed by atoms with Crippen LogP contribution in [0.2, 0.25) is 0 Å². The van der Waals surface area contributed by atoms with Crippen molar-refractivity contribution < 1.29 is 14.3 Å². The van der Waals surface area contributed by atoms with E-state index in [0.717, 1.165) is 23.5 Å². The summed E-state index contributed by atoms with van der Waals surface area (Å²) in [7, 11) is 1.68. The largest absolute Gasteiger partial charge is 0.490 e. The van der Waals surface area contributed by atoms with Crippen LogP contribution in [0.15, 0.2) is 23.2 Å². The Balaban J connectivity index is 0.00000729. The molecule has 8 heteroatoms. The predicted molar refractivity (Wildman–Crippen MR) is 125 cm³/mol. The molecule has 7 nitrogen and oxygen atoms in total. The zero-order chi connectivity index (χ0) is 20.3. The minimum atomic E-state index is -0.248. The van der Waals surface area contributed by atoms with Crippen molar-refractivity contribution in [1.82, 2.24) is 16.0 Å². The van der Waals surface area contributed by atoms with Crippen LogP contribution in [0.3, 0.4) is 0 Å². The molecule has 0 bridgehead atoms. The van der Waals surface area contributed by atoms with E-state index in [4.69, 9.17) is 9.47 Å². The molecule has 0 fully saturated rings. The van der Waals surface area contributed by atoms with Crippen LogP contribution < -0.4 is 25.4 Å². The number of carbonyl (C=O) groups excluding carboxylic acids is 1. The zero-order valence-electron chi connectivity index (χ0n) is 17.8. The second-order valence-electron chi connectivity index (χ2n) is 7.05. The van der Waals surface area contributed by atoms with Crippen LogP contribution in [0.1, 0.15) is 40.2 Å². The van der Waals surface area contributed by atoms with Crippen LogP contribution in [0.5, 0.6) is 11.5 Å². The Morgan fingerprint density at radius 1 is 1.07 bits per heavy atom. The third-order valence-electron chi connectivity index (χ3n) is 3.47. The van der Waals surface area contributed by atoms with Crippen molar-refractivity contribution >= 4 is 35.8 Å². The third-order valence-corrected chi connectivity index (χ3v) is 3.47. The number of amides is 1. The minimum absolute atomic E-state index is 0. The molecule has 0 radical (unpaired) electrons. The van der Waals surface area contributed by atoms with E-state index in [0.29, 0.717) is 25.7 Å². The second-order valence-corrected chi connectivity index (χ2v) is 7.05. The van der Waals surface area contributed by atoms with Gasteiger partial charge in [0.05, 0.1) is 19.8 Å². The highest BCUT2D eigenvalue weighted by molar-refractivity contribution is 14.0. The first kappa shape index (κ1) is 26.3. The molecule has 0 atom stereocenters. The van der Waals surface area contributed by atoms with Crippen LogP contribution in [-0.2, 0) is 11.2 Å². The number of nitrogens with zero attached hydrogens (tertiary/aromatic N) is 1. The molecule has 160 valence electrons. The number of aliphatic imine (C=N–C) groups is 1. The summed E-state index contributed by atoms with van der Waals surface area (Å²) in [5.41, 5.74) is 0.886. The fourth-order valence-electron chi connectivity index (χ4n) is 2.42. The molecule has 0 aromatic heterocycles. The highest BCUT2D eigenvalue weighted by Crippen LogP contribution is 2.28. The van der Waals surface area contributed by atoms with Crippen molar-refractivity contribution in [2.45, 2.75) is 46.6 Å². The molecule has 28 heavy (non-hydrogen) atoms. The van der Waals surface area contributed by atoms with E-state index in [1.54, 1.807) is 7.05 Å². The molecule has 0 saturated carbocycles. The van der Waals surface area contributed by atoms with Gasteiger partial charge >= 0.3 is 0 Å². The topological polar surface area (TPSA) is 84.0 Å². The summed E-state index contributed by atoms with van der Waals surface area (Å²) in [6.07, 6.45) is 0.793. The highest BCUT2D eigenvalue weighted by Gasteiger charge is 2.13. The Morgan fingerprint density at radius 3 is 2.29 bits per heavy atom. The summed E-state index contributed by atoms with van der Waals surface area (Å²) in [5.74, 6) is 2.05. The quantitative estimate of drug-likeness (QED) is 0.273. The lowest BCUT2D eigenvalue weighted by Crippen LogP contribution is -2.48. The SMILES string of the molecule is CCOc1ccc(CCNC(=NC)NCC(=O)NC(C)(C)C)cc1OCC.I. The fourth-order valence-corrected chi connectivity index (χ4v) is 2.42. The van der Waals surface area contributed by atoms with Crippen molar-refractivity contribution in [3.8, 4) is 11.5 Å². The molecule has 1 aromatic carbocycles. The van der Waals surface area contributed by atoms with Crippen LogP contribution in [-0.4, -0.2) is 50.8 Å². The lowest BCUT2D eigenvalue weighted by molar-refractivity contribution is -0.121. The van der Waals surface area contributed by atoms with Gasteiger partial charge in [-0.2, -0.15) is 0 Å². The highest BCUT2D eigenvalue weighted by atomic mass is 127. The van der Waals surface area contributed by atoms with Crippen molar-refractivity contribution in [3.05, 3.63) is 23.8 Å². The molecular weight excluding hydrogens is 471 g/mol. The van der Waals surface area contributed by atoms with E-state index in [1.807, 2.05) is 52.8 Å². The van der Waals surface area contributed by atoms with E-state index in [2.05, 4.69) is 20.9 Å². The van der Waals surface area contributed by atoms with Crippen LogP contribution in [0.4, 0.5) is 0 Å². The van der Waals surface area contributed by atoms with Crippen molar-refractivity contribution in [2.75, 3.05) is 33.4 Å². The second kappa shape index (κ2) is 13.5. The van der Waals surface area contributed by atoms with E-state index in [9.17, 15) is 4.79 Å². The van der Waals surface area contributed by atoms with Gasteiger partial charge in [-0.1, -0.05) is 6.07 Å². The Kier molecular flexibility index (Phi) is 12.6. The molecular formula is C20H35IN4O3. The standard InChI is InChI=1S/C20H34N4O3.HI/c1-7-26-16-10-9-15(13-17(16)27-8-2)11-12-22-19(21-6)23-14-18(25)24-20(3,4)5;/h9-10,13H,7-8,11-12,14H2,1-6H3,(H,24,25)(H2,21,22,23);1H. The smallest absolute Gasteiger partial charge is 0.239 e. The van der Waals surface area contributed by atoms with Gasteiger partial charge in [0.25, 0.3) is 0 Å². The Bertz CT molecular complexity index is 630. The van der Waals surface area contributed by atoms with Crippen LogP contribution in [0, 0.1) is 0 Å². The van der Waals surface area contributed by atoms with Gasteiger partial charge < -0.3 is 25.4 Å². The molecule has 0 aliphatic rings. The Hall–Kier alpha value is -1.71. The first-order valence-corrected chi connectivity index (χ1v) is 9.43. The summed E-state index contributed by atoms with van der Waals surface area (Å²) < 4.78 is 11.2. The van der Waals surface area contributed by atoms with E-state index in [1.165, 1.54) is 0 Å². The maximum atomic E-state index is 11.9. The molecule has 0 heterocycles. The number of carbonyl (C=O) groups is 1. The van der Waals surface area contributed by atoms with E-state index < -0.39 is 0 Å². The Labute approximate surface area is 186 Å². The van der Waals surface area contributed by atoms with Crippen molar-refractivity contribution in [3.63, 3.8) is 0 Å². The van der Waals surface area contributed by atoms with Gasteiger partial charge in [0, 0.05) is 19.1 Å². The molecule has 0 spiro atoms. The van der Waals surface area contributed by atoms with Crippen LogP contribution in [0.25, 0.3) is 0 Å². The van der Waals surface area contributed by atoms with Gasteiger partial charge in [-0.25, -0.2) is 0 Å². The number of nitrogens with one attached hydrogen (secondary N) is 3. The lowest BCUT2D eigenvalue weighted by atomic mass is 10.1. The number of benzene rings is 1. The van der Waals surface area contributed by atoms with Crippen molar-refractivity contribution in [2.24, 2.45) is 4.99 Å². The fraction of sp³-hybridized carbons (Fsp3) is 0.600. The summed E-state index contributed by atoms with van der Waals surface area (Å²) in [4.78, 5) is 16.0. The zero-order valence-corrected chi connectivity index (χ0v) is 20.2. The molecule has 1 aromatic rings. The molecule has 3 N–H and O–H groups in total. The van der Waals surface area contributed by atoms with Gasteiger partial charge in [0.1, 0.15) is 0 Å². The predicted octanol–water partition coefficient (Wildman–Crippen LogP) is 2.72. The summed E-state index contributed by atoms with van der Waals surface area (Å²) in [6, 6.07) is 5.97. The number of guanidine groups is 1. The number of ether oxygens (including phenoxy) is 2. The van der Waals surface area contributed by atoms with Gasteiger partial charge in [-0.05, 0) is 58.7 Å². The van der Waals surface area contributed by atoms with Gasteiger partial charge in [0.2, 0.25) is 5.91 Å². The number of halogens is 1. The normalized spacial score (nSPS) is 11.3. The minimum Gasteiger partial charge on any atom is -0.490 e. The molecule has 0 aliphatic carbocycles. The lowest BCUT2D eigenvalue weighted by Gasteiger charge is -2.21. The molecule has 1 amide bonds. The van der Waals surface area contributed by atoms with Gasteiger partial charge in [-0.15, -0.1) is 24.0 Å². The van der Waals surface area contributed by atoms with Gasteiger partial charge in [-0.3, -0.25) is 9.79 Å². The molecule has 0 aliphatic heterocycles. The number of rotatable bonds is 9. The summed E-state index contributed by atoms with van der Waals surface area (Å²) in [6.45, 7) is 11.8. The van der Waals surface area contributed by atoms with Crippen molar-refractivity contribution in [1.29, 1.82) is 0 Å². The molecule has 0 saturated heterocycles. The monoisotopic (exact) mass is 506 g/mol.